The van der Waals surface area contributed by atoms with E-state index < -0.39 is 10.0 Å². The Kier molecular flexibility index (Phi) is 5.20. The summed E-state index contributed by atoms with van der Waals surface area (Å²) in [6, 6.07) is 17.6. The highest BCUT2D eigenvalue weighted by Crippen LogP contribution is 2.12. The topological polar surface area (TPSA) is 80.2 Å². The van der Waals surface area contributed by atoms with Gasteiger partial charge in [-0.3, -0.25) is 4.79 Å². The van der Waals surface area contributed by atoms with E-state index in [2.05, 4.69) is 10.0 Å². The molecule has 0 aliphatic heterocycles. The van der Waals surface area contributed by atoms with Crippen LogP contribution in [0.5, 0.6) is 0 Å². The van der Waals surface area contributed by atoms with Gasteiger partial charge in [-0.1, -0.05) is 12.1 Å². The zero-order valence-electron chi connectivity index (χ0n) is 14.2. The predicted octanol–water partition coefficient (Wildman–Crippen LogP) is 2.32. The number of sulfonamides is 1. The Bertz CT molecular complexity index is 978. The first-order valence-corrected chi connectivity index (χ1v) is 9.52. The van der Waals surface area contributed by atoms with E-state index in [1.54, 1.807) is 24.3 Å². The predicted molar refractivity (Wildman–Crippen MR) is 99.6 cm³/mol. The van der Waals surface area contributed by atoms with E-state index in [1.807, 2.05) is 41.2 Å². The van der Waals surface area contributed by atoms with Gasteiger partial charge in [-0.05, 0) is 61.1 Å². The molecule has 134 valence electrons. The average Bonchev–Trinajstić information content (AvgIpc) is 3.21. The first-order valence-electron chi connectivity index (χ1n) is 8.04. The number of hydrogen-bond acceptors (Lipinski definition) is 3. The van der Waals surface area contributed by atoms with Crippen molar-refractivity contribution in [2.45, 2.75) is 11.4 Å². The quantitative estimate of drug-likeness (QED) is 0.700. The van der Waals surface area contributed by atoms with Crippen LogP contribution < -0.4 is 10.0 Å². The first kappa shape index (κ1) is 17.9. The van der Waals surface area contributed by atoms with E-state index in [1.165, 1.54) is 19.2 Å². The third kappa shape index (κ3) is 4.01. The molecule has 1 aromatic heterocycles. The third-order valence-corrected chi connectivity index (χ3v) is 5.42. The zero-order chi connectivity index (χ0) is 18.6. The van der Waals surface area contributed by atoms with E-state index in [9.17, 15) is 13.2 Å². The number of amides is 1. The summed E-state index contributed by atoms with van der Waals surface area (Å²) >= 11 is 0. The molecule has 26 heavy (non-hydrogen) atoms. The van der Waals surface area contributed by atoms with Crippen molar-refractivity contribution in [1.29, 1.82) is 0 Å². The monoisotopic (exact) mass is 369 g/mol. The van der Waals surface area contributed by atoms with Crippen LogP contribution in [0.3, 0.4) is 0 Å². The van der Waals surface area contributed by atoms with E-state index >= 15 is 0 Å². The van der Waals surface area contributed by atoms with Gasteiger partial charge in [-0.2, -0.15) is 0 Å². The number of aromatic nitrogens is 1. The molecular weight excluding hydrogens is 350 g/mol. The lowest BCUT2D eigenvalue weighted by Gasteiger charge is -2.08. The van der Waals surface area contributed by atoms with E-state index in [0.29, 0.717) is 12.1 Å². The lowest BCUT2D eigenvalue weighted by atomic mass is 10.1. The fourth-order valence-corrected chi connectivity index (χ4v) is 3.21. The van der Waals surface area contributed by atoms with Gasteiger partial charge in [0.15, 0.2) is 0 Å². The molecule has 0 unspecified atom stereocenters. The van der Waals surface area contributed by atoms with Gasteiger partial charge in [-0.15, -0.1) is 0 Å². The van der Waals surface area contributed by atoms with Crippen LogP contribution in [-0.4, -0.2) is 25.9 Å². The molecule has 0 atom stereocenters. The Hall–Kier alpha value is -2.90. The van der Waals surface area contributed by atoms with Gasteiger partial charge in [-0.25, -0.2) is 13.1 Å². The molecule has 0 saturated heterocycles. The molecule has 0 fully saturated rings. The van der Waals surface area contributed by atoms with Crippen LogP contribution in [0.4, 0.5) is 0 Å². The Morgan fingerprint density at radius 2 is 1.58 bits per heavy atom. The number of benzene rings is 2. The number of hydrogen-bond donors (Lipinski definition) is 2. The summed E-state index contributed by atoms with van der Waals surface area (Å²) in [5.41, 5.74) is 2.36. The maximum atomic E-state index is 12.3. The summed E-state index contributed by atoms with van der Waals surface area (Å²) in [4.78, 5) is 12.5. The van der Waals surface area contributed by atoms with E-state index in [-0.39, 0.29) is 10.8 Å². The van der Waals surface area contributed by atoms with Crippen molar-refractivity contribution in [3.63, 3.8) is 0 Å². The summed E-state index contributed by atoms with van der Waals surface area (Å²) in [6.07, 6.45) is 3.88. The minimum atomic E-state index is -3.45. The van der Waals surface area contributed by atoms with Crippen LogP contribution in [-0.2, 0) is 16.6 Å². The van der Waals surface area contributed by atoms with E-state index in [4.69, 9.17) is 0 Å². The highest BCUT2D eigenvalue weighted by Gasteiger charge is 2.11. The maximum absolute atomic E-state index is 12.3. The summed E-state index contributed by atoms with van der Waals surface area (Å²) < 4.78 is 27.6. The van der Waals surface area contributed by atoms with Gasteiger partial charge in [0.25, 0.3) is 5.91 Å². The molecule has 0 radical (unpaired) electrons. The largest absolute Gasteiger partial charge is 0.348 e. The number of rotatable bonds is 6. The van der Waals surface area contributed by atoms with Crippen molar-refractivity contribution in [3.8, 4) is 5.69 Å². The number of carbonyl (C=O) groups is 1. The van der Waals surface area contributed by atoms with Gasteiger partial charge < -0.3 is 9.88 Å². The number of nitrogens with zero attached hydrogens (tertiary/aromatic N) is 1. The Labute approximate surface area is 152 Å². The van der Waals surface area contributed by atoms with Crippen molar-refractivity contribution in [1.82, 2.24) is 14.6 Å². The minimum absolute atomic E-state index is 0.184. The molecular formula is C19H19N3O3S. The fraction of sp³-hybridized carbons (Fsp3) is 0.105. The summed E-state index contributed by atoms with van der Waals surface area (Å²) in [6.45, 7) is 0.318. The second-order valence-electron chi connectivity index (χ2n) is 5.67. The van der Waals surface area contributed by atoms with E-state index in [0.717, 1.165) is 11.3 Å². The average molecular weight is 369 g/mol. The highest BCUT2D eigenvalue weighted by atomic mass is 32.2. The molecule has 2 N–H and O–H groups in total. The van der Waals surface area contributed by atoms with Crippen molar-refractivity contribution in [3.05, 3.63) is 84.2 Å². The SMILES string of the molecule is CNS(=O)(=O)c1ccc(CNC(=O)c2ccc(-n3cccc3)cc2)cc1. The van der Waals surface area contributed by atoms with Crippen LogP contribution in [0.15, 0.2) is 78.0 Å². The minimum Gasteiger partial charge on any atom is -0.348 e. The molecule has 0 spiro atoms. The van der Waals surface area contributed by atoms with Crippen molar-refractivity contribution in [2.24, 2.45) is 0 Å². The summed E-state index contributed by atoms with van der Waals surface area (Å²) in [5, 5.41) is 2.83. The molecule has 3 aromatic rings. The molecule has 0 saturated carbocycles. The van der Waals surface area contributed by atoms with Crippen LogP contribution >= 0.6 is 0 Å². The van der Waals surface area contributed by atoms with Gasteiger partial charge >= 0.3 is 0 Å². The fourth-order valence-electron chi connectivity index (χ4n) is 2.48. The zero-order valence-corrected chi connectivity index (χ0v) is 15.0. The van der Waals surface area contributed by atoms with Crippen molar-refractivity contribution < 1.29 is 13.2 Å². The number of nitrogens with one attached hydrogen (secondary N) is 2. The lowest BCUT2D eigenvalue weighted by Crippen LogP contribution is -2.23. The molecule has 3 rings (SSSR count). The maximum Gasteiger partial charge on any atom is 0.251 e. The molecule has 1 amide bonds. The molecule has 1 heterocycles. The third-order valence-electron chi connectivity index (χ3n) is 3.99. The van der Waals surface area contributed by atoms with Crippen LogP contribution in [0, 0.1) is 0 Å². The molecule has 0 bridgehead atoms. The highest BCUT2D eigenvalue weighted by molar-refractivity contribution is 7.89. The summed E-state index contributed by atoms with van der Waals surface area (Å²) in [5.74, 6) is -0.184. The second kappa shape index (κ2) is 7.55. The van der Waals surface area contributed by atoms with Gasteiger partial charge in [0.2, 0.25) is 10.0 Å². The smallest absolute Gasteiger partial charge is 0.251 e. The van der Waals surface area contributed by atoms with Gasteiger partial charge in [0.05, 0.1) is 4.90 Å². The van der Waals surface area contributed by atoms with Crippen molar-refractivity contribution in [2.75, 3.05) is 7.05 Å². The van der Waals surface area contributed by atoms with Crippen LogP contribution in [0.1, 0.15) is 15.9 Å². The summed E-state index contributed by atoms with van der Waals surface area (Å²) in [7, 11) is -2.09. The van der Waals surface area contributed by atoms with Crippen LogP contribution in [0.25, 0.3) is 5.69 Å². The molecule has 0 aliphatic rings. The number of carbonyl (C=O) groups excluding carboxylic acids is 1. The normalized spacial score (nSPS) is 11.3. The molecule has 2 aromatic carbocycles. The lowest BCUT2D eigenvalue weighted by molar-refractivity contribution is 0.0951. The molecule has 6 nitrogen and oxygen atoms in total. The second-order valence-corrected chi connectivity index (χ2v) is 7.56. The Morgan fingerprint density at radius 1 is 0.962 bits per heavy atom. The Morgan fingerprint density at radius 3 is 2.15 bits per heavy atom. The molecule has 7 heteroatoms. The Balaban J connectivity index is 1.62. The standard InChI is InChI=1S/C19H19N3O3S/c1-20-26(24,25)18-10-4-15(5-11-18)14-21-19(23)16-6-8-17(9-7-16)22-12-2-3-13-22/h2-13,20H,14H2,1H3,(H,21,23). The first-order chi connectivity index (χ1) is 12.5. The molecule has 0 aliphatic carbocycles. The van der Waals surface area contributed by atoms with Crippen LogP contribution in [0.2, 0.25) is 0 Å². The van der Waals surface area contributed by atoms with Gasteiger partial charge in [0.1, 0.15) is 0 Å². The van der Waals surface area contributed by atoms with Gasteiger partial charge in [0, 0.05) is 30.2 Å². The van der Waals surface area contributed by atoms with Crippen molar-refractivity contribution >= 4 is 15.9 Å².